The van der Waals surface area contributed by atoms with Gasteiger partial charge in [0.2, 0.25) is 0 Å². The van der Waals surface area contributed by atoms with Crippen molar-refractivity contribution < 1.29 is 9.47 Å². The normalized spacial score (nSPS) is 15.2. The van der Waals surface area contributed by atoms with E-state index in [1.54, 1.807) is 14.2 Å². The Morgan fingerprint density at radius 1 is 1.25 bits per heavy atom. The topological polar surface area (TPSA) is 58.1 Å². The van der Waals surface area contributed by atoms with Gasteiger partial charge < -0.3 is 25.0 Å². The van der Waals surface area contributed by atoms with Gasteiger partial charge >= 0.3 is 0 Å². The largest absolute Gasteiger partial charge is 0.497 e. The number of aliphatic imine (C=N–C) groups is 1. The second-order valence-corrected chi connectivity index (χ2v) is 7.75. The number of guanidine groups is 1. The lowest BCUT2D eigenvalue weighted by atomic mass is 10.0. The maximum atomic E-state index is 5.40. The van der Waals surface area contributed by atoms with Crippen molar-refractivity contribution in [1.82, 2.24) is 10.6 Å². The van der Waals surface area contributed by atoms with Crippen molar-refractivity contribution in [3.63, 3.8) is 0 Å². The molecule has 7 heteroatoms. The minimum absolute atomic E-state index is 0.433. The first-order valence-corrected chi connectivity index (χ1v) is 11.1. The van der Waals surface area contributed by atoms with E-state index in [1.165, 1.54) is 0 Å². The molecule has 0 amide bonds. The van der Waals surface area contributed by atoms with Crippen LogP contribution in [0.25, 0.3) is 0 Å². The van der Waals surface area contributed by atoms with Crippen molar-refractivity contribution >= 4 is 23.4 Å². The van der Waals surface area contributed by atoms with E-state index in [0.29, 0.717) is 6.04 Å². The van der Waals surface area contributed by atoms with Gasteiger partial charge in [-0.3, -0.25) is 4.99 Å². The summed E-state index contributed by atoms with van der Waals surface area (Å²) in [7, 11) is 3.37. The zero-order chi connectivity index (χ0) is 20.2. The fraction of sp³-hybridized carbons (Fsp3) is 0.571. The van der Waals surface area contributed by atoms with Crippen LogP contribution in [0.3, 0.4) is 0 Å². The number of nitrogens with zero attached hydrogens (tertiary/aromatic N) is 2. The summed E-state index contributed by atoms with van der Waals surface area (Å²) in [5.74, 6) is 4.56. The summed E-state index contributed by atoms with van der Waals surface area (Å²) in [6, 6.07) is 6.48. The van der Waals surface area contributed by atoms with Gasteiger partial charge in [0.25, 0.3) is 0 Å². The Labute approximate surface area is 173 Å². The first kappa shape index (κ1) is 22.3. The molecule has 0 bridgehead atoms. The zero-order valence-electron chi connectivity index (χ0n) is 17.4. The molecule has 0 aliphatic carbocycles. The van der Waals surface area contributed by atoms with E-state index in [-0.39, 0.29) is 0 Å². The summed E-state index contributed by atoms with van der Waals surface area (Å²) >= 11 is 1.86. The quantitative estimate of drug-likeness (QED) is 0.269. The van der Waals surface area contributed by atoms with E-state index in [0.717, 1.165) is 73.7 Å². The molecular formula is C21H34N4O2S. The minimum atomic E-state index is 0.433. The molecule has 0 atom stereocenters. The highest BCUT2D eigenvalue weighted by Gasteiger charge is 2.21. The van der Waals surface area contributed by atoms with Crippen LogP contribution in [0.5, 0.6) is 11.5 Å². The third-order valence-electron chi connectivity index (χ3n) is 4.62. The Morgan fingerprint density at radius 2 is 1.93 bits per heavy atom. The molecule has 0 spiro atoms. The standard InChI is InChI=1S/C21H34N4O2S/c1-5-12-28-13-9-23-21(22-6-2)24-17-7-10-25(11-8-17)18-14-19(26-3)16-20(15-18)27-4/h5,14-17H,1,6-13H2,2-4H3,(H2,22,23,24). The number of hydrogen-bond donors (Lipinski definition) is 2. The molecule has 1 aliphatic heterocycles. The van der Waals surface area contributed by atoms with Crippen LogP contribution in [-0.2, 0) is 0 Å². The van der Waals surface area contributed by atoms with Crippen molar-refractivity contribution in [2.45, 2.75) is 25.8 Å². The number of thioether (sulfide) groups is 1. The Hall–Kier alpha value is -2.02. The third kappa shape index (κ3) is 7.19. The van der Waals surface area contributed by atoms with Crippen LogP contribution in [0.2, 0.25) is 0 Å². The van der Waals surface area contributed by atoms with Gasteiger partial charge in [0.15, 0.2) is 5.96 Å². The lowest BCUT2D eigenvalue weighted by Gasteiger charge is -2.34. The number of anilines is 1. The number of piperidine rings is 1. The van der Waals surface area contributed by atoms with E-state index in [1.807, 2.05) is 23.9 Å². The van der Waals surface area contributed by atoms with Gasteiger partial charge in [-0.05, 0) is 19.8 Å². The first-order valence-electron chi connectivity index (χ1n) is 9.91. The molecule has 1 heterocycles. The second-order valence-electron chi connectivity index (χ2n) is 6.60. The average molecular weight is 407 g/mol. The maximum absolute atomic E-state index is 5.40. The molecule has 1 aromatic rings. The smallest absolute Gasteiger partial charge is 0.191 e. The van der Waals surface area contributed by atoms with E-state index in [9.17, 15) is 0 Å². The van der Waals surface area contributed by atoms with Crippen LogP contribution in [0.15, 0.2) is 35.8 Å². The molecule has 0 saturated carbocycles. The summed E-state index contributed by atoms with van der Waals surface area (Å²) in [6.45, 7) is 9.51. The van der Waals surface area contributed by atoms with Gasteiger partial charge in [-0.15, -0.1) is 6.58 Å². The molecule has 2 rings (SSSR count). The van der Waals surface area contributed by atoms with Crippen LogP contribution in [0.4, 0.5) is 5.69 Å². The fourth-order valence-electron chi connectivity index (χ4n) is 3.16. The zero-order valence-corrected chi connectivity index (χ0v) is 18.2. The Morgan fingerprint density at radius 3 is 2.50 bits per heavy atom. The van der Waals surface area contributed by atoms with Gasteiger partial charge in [-0.1, -0.05) is 6.08 Å². The molecule has 1 aliphatic rings. The lowest BCUT2D eigenvalue weighted by Crippen LogP contribution is -2.48. The van der Waals surface area contributed by atoms with Crippen LogP contribution in [-0.4, -0.2) is 63.9 Å². The first-order chi connectivity index (χ1) is 13.7. The number of nitrogens with one attached hydrogen (secondary N) is 2. The van der Waals surface area contributed by atoms with Crippen LogP contribution in [0, 0.1) is 0 Å². The van der Waals surface area contributed by atoms with Crippen molar-refractivity contribution in [3.05, 3.63) is 30.9 Å². The average Bonchev–Trinajstić information content (AvgIpc) is 2.73. The van der Waals surface area contributed by atoms with Crippen LogP contribution >= 0.6 is 11.8 Å². The number of methoxy groups -OCH3 is 2. The molecule has 0 aromatic heterocycles. The minimum Gasteiger partial charge on any atom is -0.497 e. The molecule has 1 aromatic carbocycles. The highest BCUT2D eigenvalue weighted by Crippen LogP contribution is 2.30. The molecule has 0 unspecified atom stereocenters. The second kappa shape index (κ2) is 12.4. The number of ether oxygens (including phenoxy) is 2. The Balaban J connectivity index is 1.88. The number of rotatable bonds is 10. The summed E-state index contributed by atoms with van der Waals surface area (Å²) in [5, 5.41) is 6.95. The summed E-state index contributed by atoms with van der Waals surface area (Å²) in [5.41, 5.74) is 1.15. The van der Waals surface area contributed by atoms with Crippen molar-refractivity contribution in [1.29, 1.82) is 0 Å². The predicted molar refractivity (Wildman–Crippen MR) is 121 cm³/mol. The molecule has 6 nitrogen and oxygen atoms in total. The Kier molecular flexibility index (Phi) is 9.90. The molecule has 156 valence electrons. The van der Waals surface area contributed by atoms with E-state index in [2.05, 4.69) is 41.2 Å². The fourth-order valence-corrected chi connectivity index (χ4v) is 3.71. The number of benzene rings is 1. The van der Waals surface area contributed by atoms with E-state index < -0.39 is 0 Å². The third-order valence-corrected chi connectivity index (χ3v) is 5.57. The highest BCUT2D eigenvalue weighted by atomic mass is 32.2. The molecule has 0 radical (unpaired) electrons. The summed E-state index contributed by atoms with van der Waals surface area (Å²) < 4.78 is 10.8. The van der Waals surface area contributed by atoms with E-state index in [4.69, 9.17) is 14.5 Å². The number of hydrogen-bond acceptors (Lipinski definition) is 5. The van der Waals surface area contributed by atoms with Crippen LogP contribution < -0.4 is 25.0 Å². The summed E-state index contributed by atoms with van der Waals surface area (Å²) in [4.78, 5) is 7.08. The van der Waals surface area contributed by atoms with Crippen molar-refractivity contribution in [2.24, 2.45) is 4.99 Å². The van der Waals surface area contributed by atoms with Gasteiger partial charge in [0.1, 0.15) is 11.5 Å². The monoisotopic (exact) mass is 406 g/mol. The molecule has 2 N–H and O–H groups in total. The van der Waals surface area contributed by atoms with Gasteiger partial charge in [-0.2, -0.15) is 11.8 Å². The maximum Gasteiger partial charge on any atom is 0.191 e. The Bertz CT molecular complexity index is 609. The van der Waals surface area contributed by atoms with Gasteiger partial charge in [-0.25, -0.2) is 0 Å². The van der Waals surface area contributed by atoms with Crippen molar-refractivity contribution in [2.75, 3.05) is 56.8 Å². The van der Waals surface area contributed by atoms with Crippen molar-refractivity contribution in [3.8, 4) is 11.5 Å². The molecule has 1 saturated heterocycles. The SMILES string of the molecule is C=CCSCCN=C(NCC)NC1CCN(c2cc(OC)cc(OC)c2)CC1. The predicted octanol–water partition coefficient (Wildman–Crippen LogP) is 3.15. The van der Waals surface area contributed by atoms with E-state index >= 15 is 0 Å². The molecular weight excluding hydrogens is 372 g/mol. The summed E-state index contributed by atoms with van der Waals surface area (Å²) in [6.07, 6.45) is 4.06. The molecule has 28 heavy (non-hydrogen) atoms. The van der Waals surface area contributed by atoms with Gasteiger partial charge in [0, 0.05) is 61.1 Å². The lowest BCUT2D eigenvalue weighted by molar-refractivity contribution is 0.393. The highest BCUT2D eigenvalue weighted by molar-refractivity contribution is 7.99. The van der Waals surface area contributed by atoms with Gasteiger partial charge in [0.05, 0.1) is 20.8 Å². The molecule has 1 fully saturated rings. The van der Waals surface area contributed by atoms with Crippen LogP contribution in [0.1, 0.15) is 19.8 Å².